The molecular weight excluding hydrogens is 262 g/mol. The van der Waals surface area contributed by atoms with Gasteiger partial charge in [0.05, 0.1) is 6.61 Å². The predicted molar refractivity (Wildman–Crippen MR) is 85.5 cm³/mol. The third-order valence-corrected chi connectivity index (χ3v) is 3.46. The lowest BCUT2D eigenvalue weighted by molar-refractivity contribution is 0.200. The number of nitrogens with one attached hydrogen (secondary N) is 1. The fraction of sp³-hybridized carbons (Fsp3) is 0.333. The van der Waals surface area contributed by atoms with Crippen LogP contribution in [0.15, 0.2) is 48.5 Å². The van der Waals surface area contributed by atoms with Crippen molar-refractivity contribution >= 4 is 0 Å². The number of ether oxygens (including phenoxy) is 1. The Labute approximate surface area is 126 Å². The minimum atomic E-state index is 0.0292. The molecule has 112 valence electrons. The number of aryl methyl sites for hydroxylation is 1. The number of rotatable bonds is 7. The molecule has 3 nitrogen and oxygen atoms in total. The van der Waals surface area contributed by atoms with Crippen molar-refractivity contribution in [2.24, 2.45) is 0 Å². The van der Waals surface area contributed by atoms with Gasteiger partial charge in [-0.25, -0.2) is 0 Å². The summed E-state index contributed by atoms with van der Waals surface area (Å²) < 4.78 is 5.55. The molecule has 0 aliphatic rings. The van der Waals surface area contributed by atoms with Crippen LogP contribution in [0.1, 0.15) is 29.7 Å². The van der Waals surface area contributed by atoms with Crippen LogP contribution in [-0.4, -0.2) is 18.3 Å². The molecule has 0 heterocycles. The summed E-state index contributed by atoms with van der Waals surface area (Å²) in [7, 11) is 0. The summed E-state index contributed by atoms with van der Waals surface area (Å²) >= 11 is 0. The molecule has 0 bridgehead atoms. The second-order valence-corrected chi connectivity index (χ2v) is 5.20. The normalized spacial score (nSPS) is 12.1. The first-order valence-corrected chi connectivity index (χ1v) is 7.32. The average molecular weight is 285 g/mol. The highest BCUT2D eigenvalue weighted by Gasteiger charge is 2.07. The lowest BCUT2D eigenvalue weighted by atomic mass is 10.1. The monoisotopic (exact) mass is 285 g/mol. The Morgan fingerprint density at radius 1 is 1.14 bits per heavy atom. The molecule has 3 heteroatoms. The summed E-state index contributed by atoms with van der Waals surface area (Å²) in [6.45, 7) is 5.35. The zero-order valence-electron chi connectivity index (χ0n) is 12.7. The molecule has 2 aromatic rings. The quantitative estimate of drug-likeness (QED) is 0.820. The van der Waals surface area contributed by atoms with Crippen molar-refractivity contribution in [1.29, 1.82) is 0 Å². The van der Waals surface area contributed by atoms with Crippen LogP contribution in [0, 0.1) is 6.92 Å². The second-order valence-electron chi connectivity index (χ2n) is 5.20. The van der Waals surface area contributed by atoms with Gasteiger partial charge in [-0.3, -0.25) is 0 Å². The van der Waals surface area contributed by atoms with Gasteiger partial charge in [0, 0.05) is 18.2 Å². The second kappa shape index (κ2) is 7.81. The van der Waals surface area contributed by atoms with E-state index >= 15 is 0 Å². The van der Waals surface area contributed by atoms with Crippen molar-refractivity contribution in [2.75, 3.05) is 13.2 Å². The van der Waals surface area contributed by atoms with Crippen LogP contribution < -0.4 is 10.1 Å². The lowest BCUT2D eigenvalue weighted by Gasteiger charge is -2.17. The molecule has 2 N–H and O–H groups in total. The Morgan fingerprint density at radius 3 is 2.71 bits per heavy atom. The van der Waals surface area contributed by atoms with Gasteiger partial charge in [-0.05, 0) is 25.5 Å². The van der Waals surface area contributed by atoms with Gasteiger partial charge in [0.15, 0.2) is 0 Å². The van der Waals surface area contributed by atoms with Crippen molar-refractivity contribution < 1.29 is 9.84 Å². The minimum absolute atomic E-state index is 0.0292. The Hall–Kier alpha value is -1.84. The summed E-state index contributed by atoms with van der Waals surface area (Å²) in [6, 6.07) is 16.7. The third kappa shape index (κ3) is 4.59. The highest BCUT2D eigenvalue weighted by atomic mass is 16.5. The first kappa shape index (κ1) is 15.5. The SMILES string of the molecule is Cc1cccc(C(C)NCc2ccccc2OCCO)c1. The number of para-hydroxylation sites is 1. The first-order chi connectivity index (χ1) is 10.2. The number of aliphatic hydroxyl groups excluding tert-OH is 1. The standard InChI is InChI=1S/C18H23NO2/c1-14-6-5-8-16(12-14)15(2)19-13-17-7-3-4-9-18(17)21-11-10-20/h3-9,12,15,19-20H,10-11,13H2,1-2H3. The highest BCUT2D eigenvalue weighted by Crippen LogP contribution is 2.20. The van der Waals surface area contributed by atoms with E-state index in [0.29, 0.717) is 6.61 Å². The molecule has 0 aliphatic heterocycles. The highest BCUT2D eigenvalue weighted by molar-refractivity contribution is 5.33. The number of aliphatic hydroxyl groups is 1. The summed E-state index contributed by atoms with van der Waals surface area (Å²) in [5, 5.41) is 12.4. The van der Waals surface area contributed by atoms with Gasteiger partial charge in [-0.2, -0.15) is 0 Å². The van der Waals surface area contributed by atoms with Crippen LogP contribution in [0.5, 0.6) is 5.75 Å². The van der Waals surface area contributed by atoms with Crippen molar-refractivity contribution in [2.45, 2.75) is 26.4 Å². The maximum atomic E-state index is 8.87. The molecule has 0 radical (unpaired) electrons. The molecule has 2 rings (SSSR count). The summed E-state index contributed by atoms with van der Waals surface area (Å²) in [5.74, 6) is 0.829. The number of hydrogen-bond acceptors (Lipinski definition) is 3. The van der Waals surface area contributed by atoms with Gasteiger partial charge < -0.3 is 15.2 Å². The van der Waals surface area contributed by atoms with Gasteiger partial charge in [0.25, 0.3) is 0 Å². The zero-order valence-corrected chi connectivity index (χ0v) is 12.7. The molecule has 0 fully saturated rings. The molecule has 0 saturated heterocycles. The van der Waals surface area contributed by atoms with Gasteiger partial charge >= 0.3 is 0 Å². The van der Waals surface area contributed by atoms with Crippen molar-refractivity contribution in [3.05, 3.63) is 65.2 Å². The van der Waals surface area contributed by atoms with E-state index in [-0.39, 0.29) is 12.6 Å². The van der Waals surface area contributed by atoms with Gasteiger partial charge in [-0.15, -0.1) is 0 Å². The molecule has 0 aliphatic carbocycles. The molecule has 21 heavy (non-hydrogen) atoms. The molecule has 0 amide bonds. The average Bonchev–Trinajstić information content (AvgIpc) is 2.51. The van der Waals surface area contributed by atoms with E-state index in [0.717, 1.165) is 17.9 Å². The molecule has 0 spiro atoms. The van der Waals surface area contributed by atoms with Crippen LogP contribution in [0.3, 0.4) is 0 Å². The van der Waals surface area contributed by atoms with Crippen LogP contribution in [-0.2, 0) is 6.54 Å². The summed E-state index contributed by atoms with van der Waals surface area (Å²) in [5.41, 5.74) is 3.65. The van der Waals surface area contributed by atoms with Crippen molar-refractivity contribution in [3.8, 4) is 5.75 Å². The van der Waals surface area contributed by atoms with Crippen molar-refractivity contribution in [3.63, 3.8) is 0 Å². The smallest absolute Gasteiger partial charge is 0.123 e. The number of hydrogen-bond donors (Lipinski definition) is 2. The maximum absolute atomic E-state index is 8.87. The molecular formula is C18H23NO2. The van der Waals surface area contributed by atoms with Crippen LogP contribution >= 0.6 is 0 Å². The van der Waals surface area contributed by atoms with Gasteiger partial charge in [-0.1, -0.05) is 48.0 Å². The molecule has 0 aromatic heterocycles. The largest absolute Gasteiger partial charge is 0.491 e. The van der Waals surface area contributed by atoms with E-state index < -0.39 is 0 Å². The Balaban J connectivity index is 1.99. The number of benzene rings is 2. The fourth-order valence-corrected chi connectivity index (χ4v) is 2.27. The Morgan fingerprint density at radius 2 is 1.95 bits per heavy atom. The Kier molecular flexibility index (Phi) is 5.78. The van der Waals surface area contributed by atoms with Gasteiger partial charge in [0.2, 0.25) is 0 Å². The topological polar surface area (TPSA) is 41.5 Å². The maximum Gasteiger partial charge on any atom is 0.123 e. The van der Waals surface area contributed by atoms with E-state index in [4.69, 9.17) is 9.84 Å². The third-order valence-electron chi connectivity index (χ3n) is 3.46. The van der Waals surface area contributed by atoms with Crippen LogP contribution in [0.2, 0.25) is 0 Å². The lowest BCUT2D eigenvalue weighted by Crippen LogP contribution is -2.19. The van der Waals surface area contributed by atoms with E-state index in [1.54, 1.807) is 0 Å². The Bertz CT molecular complexity index is 569. The van der Waals surface area contributed by atoms with Gasteiger partial charge in [0.1, 0.15) is 12.4 Å². The van der Waals surface area contributed by atoms with Crippen molar-refractivity contribution in [1.82, 2.24) is 5.32 Å². The minimum Gasteiger partial charge on any atom is -0.491 e. The zero-order chi connectivity index (χ0) is 15.1. The molecule has 0 saturated carbocycles. The van der Waals surface area contributed by atoms with E-state index in [9.17, 15) is 0 Å². The fourth-order valence-electron chi connectivity index (χ4n) is 2.27. The summed E-state index contributed by atoms with van der Waals surface area (Å²) in [4.78, 5) is 0. The van der Waals surface area contributed by atoms with Crippen LogP contribution in [0.25, 0.3) is 0 Å². The van der Waals surface area contributed by atoms with E-state index in [2.05, 4.69) is 43.4 Å². The van der Waals surface area contributed by atoms with E-state index in [1.165, 1.54) is 11.1 Å². The molecule has 1 atom stereocenters. The van der Waals surface area contributed by atoms with Crippen LogP contribution in [0.4, 0.5) is 0 Å². The summed E-state index contributed by atoms with van der Waals surface area (Å²) in [6.07, 6.45) is 0. The molecule has 1 unspecified atom stereocenters. The predicted octanol–water partition coefficient (Wildman–Crippen LogP) is 3.22. The molecule has 2 aromatic carbocycles. The van der Waals surface area contributed by atoms with E-state index in [1.807, 2.05) is 24.3 Å². The first-order valence-electron chi connectivity index (χ1n) is 7.32.